The highest BCUT2D eigenvalue weighted by Crippen LogP contribution is 2.24. The topological polar surface area (TPSA) is 55.1 Å². The van der Waals surface area contributed by atoms with Gasteiger partial charge in [0.1, 0.15) is 0 Å². The smallest absolute Gasteiger partial charge is 0.257 e. The molecule has 0 saturated heterocycles. The fourth-order valence-electron chi connectivity index (χ4n) is 1.61. The van der Waals surface area contributed by atoms with E-state index < -0.39 is 0 Å². The molecule has 2 aromatic carbocycles. The average molecular weight is 261 g/mol. The van der Waals surface area contributed by atoms with E-state index in [4.69, 9.17) is 17.3 Å². The zero-order valence-corrected chi connectivity index (χ0v) is 10.7. The van der Waals surface area contributed by atoms with Crippen molar-refractivity contribution in [1.29, 1.82) is 0 Å². The summed E-state index contributed by atoms with van der Waals surface area (Å²) in [7, 11) is 0. The number of anilines is 2. The molecule has 0 bridgehead atoms. The van der Waals surface area contributed by atoms with Crippen molar-refractivity contribution in [1.82, 2.24) is 0 Å². The Bertz CT molecular complexity index is 596. The van der Waals surface area contributed by atoms with E-state index >= 15 is 0 Å². The summed E-state index contributed by atoms with van der Waals surface area (Å²) in [4.78, 5) is 12.0. The number of carbonyl (C=O) groups is 1. The molecule has 0 aromatic heterocycles. The van der Waals surface area contributed by atoms with Crippen molar-refractivity contribution in [2.24, 2.45) is 0 Å². The molecule has 3 nitrogen and oxygen atoms in total. The minimum absolute atomic E-state index is 0.265. The van der Waals surface area contributed by atoms with Gasteiger partial charge < -0.3 is 11.1 Å². The van der Waals surface area contributed by atoms with Gasteiger partial charge in [-0.15, -0.1) is 0 Å². The molecule has 0 aliphatic carbocycles. The lowest BCUT2D eigenvalue weighted by molar-refractivity contribution is 0.102. The molecule has 1 amide bonds. The van der Waals surface area contributed by atoms with E-state index in [0.717, 1.165) is 5.56 Å². The summed E-state index contributed by atoms with van der Waals surface area (Å²) in [5.74, 6) is -0.265. The Morgan fingerprint density at radius 1 is 1.22 bits per heavy atom. The first kappa shape index (κ1) is 12.5. The molecule has 0 unspecified atom stereocenters. The molecule has 3 N–H and O–H groups in total. The summed E-state index contributed by atoms with van der Waals surface area (Å²) < 4.78 is 0. The number of benzene rings is 2. The monoisotopic (exact) mass is 260 g/mol. The summed E-state index contributed by atoms with van der Waals surface area (Å²) in [5.41, 5.74) is 8.24. The molecule has 0 heterocycles. The van der Waals surface area contributed by atoms with Crippen LogP contribution in [-0.2, 0) is 0 Å². The number of para-hydroxylation sites is 1. The van der Waals surface area contributed by atoms with E-state index in [1.807, 2.05) is 13.0 Å². The van der Waals surface area contributed by atoms with Crippen LogP contribution in [0.4, 0.5) is 11.4 Å². The van der Waals surface area contributed by atoms with Crippen LogP contribution in [0.1, 0.15) is 15.9 Å². The number of nitrogen functional groups attached to an aromatic ring is 1. The number of carbonyl (C=O) groups excluding carboxylic acids is 1. The lowest BCUT2D eigenvalue weighted by Crippen LogP contribution is -2.14. The maximum absolute atomic E-state index is 12.0. The first-order valence-electron chi connectivity index (χ1n) is 5.50. The second kappa shape index (κ2) is 5.10. The summed E-state index contributed by atoms with van der Waals surface area (Å²) in [6.07, 6.45) is 0. The van der Waals surface area contributed by atoms with Gasteiger partial charge in [-0.2, -0.15) is 0 Å². The van der Waals surface area contributed by atoms with Gasteiger partial charge in [0.15, 0.2) is 0 Å². The first-order chi connectivity index (χ1) is 8.58. The number of nitrogens with one attached hydrogen (secondary N) is 1. The van der Waals surface area contributed by atoms with Gasteiger partial charge in [0.2, 0.25) is 0 Å². The van der Waals surface area contributed by atoms with E-state index in [0.29, 0.717) is 22.0 Å². The zero-order chi connectivity index (χ0) is 13.1. The van der Waals surface area contributed by atoms with Crippen molar-refractivity contribution < 1.29 is 4.79 Å². The van der Waals surface area contributed by atoms with Crippen LogP contribution in [-0.4, -0.2) is 5.91 Å². The van der Waals surface area contributed by atoms with Gasteiger partial charge in [0.25, 0.3) is 5.91 Å². The fraction of sp³-hybridized carbons (Fsp3) is 0.0714. The number of amides is 1. The standard InChI is InChI=1S/C14H13ClN2O/c1-9-6-7-13(11(15)8-9)17-14(18)10-4-2-3-5-12(10)16/h2-8H,16H2,1H3,(H,17,18). The van der Waals surface area contributed by atoms with Crippen LogP contribution >= 0.6 is 11.6 Å². The normalized spacial score (nSPS) is 10.1. The second-order valence-electron chi connectivity index (χ2n) is 4.02. The molecular formula is C14H13ClN2O. The third kappa shape index (κ3) is 2.63. The summed E-state index contributed by atoms with van der Waals surface area (Å²) in [5, 5.41) is 3.26. The van der Waals surface area contributed by atoms with E-state index in [-0.39, 0.29) is 5.91 Å². The SMILES string of the molecule is Cc1ccc(NC(=O)c2ccccc2N)c(Cl)c1. The Kier molecular flexibility index (Phi) is 3.53. The molecule has 92 valence electrons. The van der Waals surface area contributed by atoms with Gasteiger partial charge in [-0.25, -0.2) is 0 Å². The van der Waals surface area contributed by atoms with Crippen molar-refractivity contribution in [2.75, 3.05) is 11.1 Å². The fourth-order valence-corrected chi connectivity index (χ4v) is 1.90. The van der Waals surface area contributed by atoms with Crippen LogP contribution in [0.3, 0.4) is 0 Å². The van der Waals surface area contributed by atoms with Crippen molar-refractivity contribution in [3.05, 3.63) is 58.6 Å². The maximum Gasteiger partial charge on any atom is 0.257 e. The van der Waals surface area contributed by atoms with Crippen LogP contribution in [0.2, 0.25) is 5.02 Å². The van der Waals surface area contributed by atoms with Gasteiger partial charge in [-0.1, -0.05) is 29.8 Å². The lowest BCUT2D eigenvalue weighted by Gasteiger charge is -2.09. The Hall–Kier alpha value is -2.00. The van der Waals surface area contributed by atoms with Gasteiger partial charge >= 0.3 is 0 Å². The molecular weight excluding hydrogens is 248 g/mol. The quantitative estimate of drug-likeness (QED) is 0.812. The van der Waals surface area contributed by atoms with Gasteiger partial charge in [-0.3, -0.25) is 4.79 Å². The number of hydrogen-bond donors (Lipinski definition) is 2. The molecule has 0 saturated carbocycles. The number of hydrogen-bond acceptors (Lipinski definition) is 2. The predicted octanol–water partition coefficient (Wildman–Crippen LogP) is 3.48. The molecule has 0 aliphatic heterocycles. The van der Waals surface area contributed by atoms with E-state index in [1.54, 1.807) is 36.4 Å². The van der Waals surface area contributed by atoms with Crippen LogP contribution in [0.5, 0.6) is 0 Å². The van der Waals surface area contributed by atoms with Gasteiger partial charge in [0, 0.05) is 5.69 Å². The lowest BCUT2D eigenvalue weighted by atomic mass is 10.1. The highest BCUT2D eigenvalue weighted by molar-refractivity contribution is 6.34. The van der Waals surface area contributed by atoms with Gasteiger partial charge in [-0.05, 0) is 36.8 Å². The third-order valence-corrected chi connectivity index (χ3v) is 2.89. The van der Waals surface area contributed by atoms with Crippen LogP contribution in [0.25, 0.3) is 0 Å². The Morgan fingerprint density at radius 2 is 1.94 bits per heavy atom. The summed E-state index contributed by atoms with van der Waals surface area (Å²) >= 11 is 6.05. The number of halogens is 1. The van der Waals surface area contributed by atoms with E-state index in [1.165, 1.54) is 0 Å². The number of nitrogens with two attached hydrogens (primary N) is 1. The van der Waals surface area contributed by atoms with Crippen LogP contribution in [0.15, 0.2) is 42.5 Å². The van der Waals surface area contributed by atoms with Crippen molar-refractivity contribution in [2.45, 2.75) is 6.92 Å². The van der Waals surface area contributed by atoms with E-state index in [2.05, 4.69) is 5.32 Å². The molecule has 0 radical (unpaired) electrons. The highest BCUT2D eigenvalue weighted by atomic mass is 35.5. The molecule has 18 heavy (non-hydrogen) atoms. The number of rotatable bonds is 2. The Balaban J connectivity index is 2.24. The Labute approximate surface area is 111 Å². The molecule has 0 aliphatic rings. The van der Waals surface area contributed by atoms with Crippen molar-refractivity contribution >= 4 is 28.9 Å². The van der Waals surface area contributed by atoms with Crippen molar-refractivity contribution in [3.63, 3.8) is 0 Å². The van der Waals surface area contributed by atoms with Gasteiger partial charge in [0.05, 0.1) is 16.3 Å². The average Bonchev–Trinajstić information content (AvgIpc) is 2.33. The summed E-state index contributed by atoms with van der Waals surface area (Å²) in [6, 6.07) is 12.4. The Morgan fingerprint density at radius 3 is 2.61 bits per heavy atom. The molecule has 0 atom stereocenters. The molecule has 2 aromatic rings. The zero-order valence-electron chi connectivity index (χ0n) is 9.91. The molecule has 0 fully saturated rings. The largest absolute Gasteiger partial charge is 0.398 e. The minimum atomic E-state index is -0.265. The summed E-state index contributed by atoms with van der Waals surface area (Å²) in [6.45, 7) is 1.94. The maximum atomic E-state index is 12.0. The van der Waals surface area contributed by atoms with E-state index in [9.17, 15) is 4.79 Å². The highest BCUT2D eigenvalue weighted by Gasteiger charge is 2.10. The second-order valence-corrected chi connectivity index (χ2v) is 4.43. The predicted molar refractivity (Wildman–Crippen MR) is 75.0 cm³/mol. The van der Waals surface area contributed by atoms with Crippen LogP contribution in [0, 0.1) is 6.92 Å². The third-order valence-electron chi connectivity index (χ3n) is 2.58. The first-order valence-corrected chi connectivity index (χ1v) is 5.88. The number of aryl methyl sites for hydroxylation is 1. The molecule has 4 heteroatoms. The molecule has 0 spiro atoms. The van der Waals surface area contributed by atoms with Crippen LogP contribution < -0.4 is 11.1 Å². The van der Waals surface area contributed by atoms with Crippen molar-refractivity contribution in [3.8, 4) is 0 Å². The minimum Gasteiger partial charge on any atom is -0.398 e. The molecule has 2 rings (SSSR count).